The van der Waals surface area contributed by atoms with E-state index in [1.807, 2.05) is 75.4 Å². The topological polar surface area (TPSA) is 98.7 Å². The van der Waals surface area contributed by atoms with Gasteiger partial charge in [0.15, 0.2) is 0 Å². The molecule has 1 heterocycles. The quantitative estimate of drug-likeness (QED) is 0.492. The molecular weight excluding hydrogens is 454 g/mol. The lowest BCUT2D eigenvalue weighted by Gasteiger charge is -2.36. The predicted octanol–water partition coefficient (Wildman–Crippen LogP) is 3.59. The monoisotopic (exact) mass is 491 g/mol. The highest BCUT2D eigenvalue weighted by Gasteiger charge is 2.58. The number of hydrogen-bond acceptors (Lipinski definition) is 4. The second kappa shape index (κ2) is 10.8. The Morgan fingerprint density at radius 3 is 2.42 bits per heavy atom. The number of amides is 3. The molecule has 0 unspecified atom stereocenters. The number of aliphatic hydroxyl groups is 1. The molecule has 7 nitrogen and oxygen atoms in total. The van der Waals surface area contributed by atoms with E-state index < -0.39 is 29.8 Å². The summed E-state index contributed by atoms with van der Waals surface area (Å²) in [5.74, 6) is -2.48. The van der Waals surface area contributed by atoms with Crippen molar-refractivity contribution in [2.24, 2.45) is 29.6 Å². The van der Waals surface area contributed by atoms with Gasteiger partial charge in [-0.05, 0) is 41.2 Å². The number of allylic oxidation sites excluding steroid dienone is 1. The predicted molar refractivity (Wildman–Crippen MR) is 141 cm³/mol. The molecule has 0 saturated carbocycles. The van der Waals surface area contributed by atoms with Crippen molar-refractivity contribution < 1.29 is 19.5 Å². The summed E-state index contributed by atoms with van der Waals surface area (Å²) < 4.78 is 0. The minimum absolute atomic E-state index is 0.0144. The van der Waals surface area contributed by atoms with E-state index >= 15 is 0 Å². The molecular formula is C29H37N3O4. The lowest BCUT2D eigenvalue weighted by Crippen LogP contribution is -2.52. The molecule has 36 heavy (non-hydrogen) atoms. The van der Waals surface area contributed by atoms with Crippen LogP contribution in [0.3, 0.4) is 0 Å². The summed E-state index contributed by atoms with van der Waals surface area (Å²) in [5, 5.41) is 18.2. The van der Waals surface area contributed by atoms with Gasteiger partial charge in [-0.25, -0.2) is 0 Å². The standard InChI is InChI=1S/C29H37N3O4/c1-5-17(3)23(16-33)32-26(28(35)31-21-13-11-19-9-7-8-10-20(19)15-21)22-14-12-18(6-2)24(27(34)30-4)25(22)29(32)36/h7-15,17-18,22-26,33H,5-6,16H2,1-4H3,(H,30,34)(H,31,35)/t17-,18+,22-,23-,24+,25-,26-/m0/s1. The van der Waals surface area contributed by atoms with Crippen LogP contribution in [0.1, 0.15) is 33.6 Å². The van der Waals surface area contributed by atoms with E-state index in [2.05, 4.69) is 10.6 Å². The summed E-state index contributed by atoms with van der Waals surface area (Å²) in [6.07, 6.45) is 5.40. The molecule has 0 spiro atoms. The third-order valence-electron chi connectivity index (χ3n) is 8.20. The molecule has 1 aliphatic carbocycles. The zero-order chi connectivity index (χ0) is 26.0. The number of fused-ring (bicyclic) bond motifs is 2. The number of hydrogen-bond donors (Lipinski definition) is 3. The van der Waals surface area contributed by atoms with Gasteiger partial charge >= 0.3 is 0 Å². The smallest absolute Gasteiger partial charge is 0.247 e. The van der Waals surface area contributed by atoms with Gasteiger partial charge < -0.3 is 20.6 Å². The zero-order valence-corrected chi connectivity index (χ0v) is 21.5. The molecule has 192 valence electrons. The Kier molecular flexibility index (Phi) is 7.79. The number of aliphatic hydroxyl groups excluding tert-OH is 1. The second-order valence-corrected chi connectivity index (χ2v) is 10.1. The van der Waals surface area contributed by atoms with Crippen molar-refractivity contribution in [3.05, 3.63) is 54.6 Å². The van der Waals surface area contributed by atoms with Crippen molar-refractivity contribution in [1.29, 1.82) is 0 Å². The van der Waals surface area contributed by atoms with Crippen LogP contribution in [0.15, 0.2) is 54.6 Å². The van der Waals surface area contributed by atoms with Crippen molar-refractivity contribution in [2.45, 2.75) is 45.7 Å². The molecule has 1 saturated heterocycles. The summed E-state index contributed by atoms with van der Waals surface area (Å²) in [4.78, 5) is 42.5. The van der Waals surface area contributed by atoms with Gasteiger partial charge in [0.2, 0.25) is 17.7 Å². The van der Waals surface area contributed by atoms with Gasteiger partial charge in [-0.15, -0.1) is 0 Å². The Morgan fingerprint density at radius 1 is 1.06 bits per heavy atom. The largest absolute Gasteiger partial charge is 0.394 e. The number of nitrogens with one attached hydrogen (secondary N) is 2. The molecule has 7 heteroatoms. The van der Waals surface area contributed by atoms with Crippen LogP contribution in [0.2, 0.25) is 0 Å². The number of carbonyl (C=O) groups excluding carboxylic acids is 3. The van der Waals surface area contributed by atoms with Crippen LogP contribution in [-0.4, -0.2) is 53.5 Å². The van der Waals surface area contributed by atoms with E-state index in [0.29, 0.717) is 12.1 Å². The average Bonchev–Trinajstić information content (AvgIpc) is 3.19. The van der Waals surface area contributed by atoms with Gasteiger partial charge in [0.25, 0.3) is 0 Å². The Labute approximate surface area is 212 Å². The molecule has 1 aliphatic heterocycles. The average molecular weight is 492 g/mol. The minimum atomic E-state index is -0.818. The summed E-state index contributed by atoms with van der Waals surface area (Å²) in [7, 11) is 1.58. The molecule has 2 aliphatic rings. The summed E-state index contributed by atoms with van der Waals surface area (Å²) in [5.41, 5.74) is 0.646. The first kappa shape index (κ1) is 25.9. The van der Waals surface area contributed by atoms with E-state index in [4.69, 9.17) is 0 Å². The normalized spacial score (nSPS) is 27.0. The van der Waals surface area contributed by atoms with Crippen LogP contribution in [0.25, 0.3) is 10.8 Å². The highest BCUT2D eigenvalue weighted by atomic mass is 16.3. The van der Waals surface area contributed by atoms with Crippen LogP contribution in [0, 0.1) is 29.6 Å². The van der Waals surface area contributed by atoms with Crippen LogP contribution in [0.4, 0.5) is 5.69 Å². The third-order valence-corrected chi connectivity index (χ3v) is 8.20. The van der Waals surface area contributed by atoms with Crippen molar-refractivity contribution >= 4 is 34.2 Å². The molecule has 1 fully saturated rings. The first-order valence-corrected chi connectivity index (χ1v) is 13.0. The van der Waals surface area contributed by atoms with Gasteiger partial charge in [-0.3, -0.25) is 14.4 Å². The zero-order valence-electron chi connectivity index (χ0n) is 21.5. The number of carbonyl (C=O) groups is 3. The van der Waals surface area contributed by atoms with Crippen LogP contribution >= 0.6 is 0 Å². The molecule has 7 atom stereocenters. The summed E-state index contributed by atoms with van der Waals surface area (Å²) >= 11 is 0. The first-order valence-electron chi connectivity index (χ1n) is 13.0. The number of anilines is 1. The Hall–Kier alpha value is -3.19. The molecule has 0 radical (unpaired) electrons. The Bertz CT molecular complexity index is 1160. The second-order valence-electron chi connectivity index (χ2n) is 10.1. The molecule has 2 aromatic rings. The fourth-order valence-electron chi connectivity index (χ4n) is 6.01. The molecule has 0 bridgehead atoms. The van der Waals surface area contributed by atoms with Crippen molar-refractivity contribution in [3.63, 3.8) is 0 Å². The van der Waals surface area contributed by atoms with Gasteiger partial charge in [0.1, 0.15) is 6.04 Å². The molecule has 0 aromatic heterocycles. The fraction of sp³-hybridized carbons (Fsp3) is 0.483. The number of nitrogens with zero attached hydrogens (tertiary/aromatic N) is 1. The highest BCUT2D eigenvalue weighted by molar-refractivity contribution is 6.03. The van der Waals surface area contributed by atoms with Gasteiger partial charge in [0.05, 0.1) is 24.5 Å². The summed E-state index contributed by atoms with van der Waals surface area (Å²) in [6.45, 7) is 5.74. The van der Waals surface area contributed by atoms with Gasteiger partial charge in [0, 0.05) is 18.7 Å². The molecule has 3 amide bonds. The lowest BCUT2D eigenvalue weighted by molar-refractivity contribution is -0.143. The van der Waals surface area contributed by atoms with E-state index in [1.165, 1.54) is 0 Å². The Morgan fingerprint density at radius 2 is 1.78 bits per heavy atom. The van der Waals surface area contributed by atoms with Crippen molar-refractivity contribution in [1.82, 2.24) is 10.2 Å². The minimum Gasteiger partial charge on any atom is -0.394 e. The van der Waals surface area contributed by atoms with Crippen molar-refractivity contribution in [3.8, 4) is 0 Å². The number of likely N-dealkylation sites (tertiary alicyclic amines) is 1. The van der Waals surface area contributed by atoms with Crippen LogP contribution in [-0.2, 0) is 14.4 Å². The SMILES string of the molecule is CC[C@H](C)[C@H](CO)N1C(=O)[C@H]2[C@H](C=C[C@@H](CC)[C@H]2C(=O)NC)[C@H]1C(=O)Nc1ccc2ccccc2c1. The van der Waals surface area contributed by atoms with Gasteiger partial charge in [-0.1, -0.05) is 69.7 Å². The van der Waals surface area contributed by atoms with E-state index in [0.717, 1.165) is 17.2 Å². The molecule has 2 aromatic carbocycles. The number of rotatable bonds is 8. The molecule has 3 N–H and O–H groups in total. The van der Waals surface area contributed by atoms with E-state index in [9.17, 15) is 19.5 Å². The first-order chi connectivity index (χ1) is 17.4. The maximum absolute atomic E-state index is 14.0. The van der Waals surface area contributed by atoms with E-state index in [-0.39, 0.29) is 36.2 Å². The Balaban J connectivity index is 1.75. The highest BCUT2D eigenvalue weighted by Crippen LogP contribution is 2.46. The van der Waals surface area contributed by atoms with Crippen LogP contribution in [0.5, 0.6) is 0 Å². The van der Waals surface area contributed by atoms with E-state index in [1.54, 1.807) is 11.9 Å². The van der Waals surface area contributed by atoms with Gasteiger partial charge in [-0.2, -0.15) is 0 Å². The maximum atomic E-state index is 14.0. The summed E-state index contributed by atoms with van der Waals surface area (Å²) in [6, 6.07) is 12.3. The third kappa shape index (κ3) is 4.52. The maximum Gasteiger partial charge on any atom is 0.247 e. The van der Waals surface area contributed by atoms with Crippen LogP contribution < -0.4 is 10.6 Å². The molecule has 4 rings (SSSR count). The fourth-order valence-corrected chi connectivity index (χ4v) is 6.01. The lowest BCUT2D eigenvalue weighted by atomic mass is 9.69. The van der Waals surface area contributed by atoms with Crippen molar-refractivity contribution in [2.75, 3.05) is 19.0 Å². The number of benzene rings is 2.